The number of hydrogen-bond donors (Lipinski definition) is 1. The van der Waals surface area contributed by atoms with E-state index in [9.17, 15) is 13.2 Å². The lowest BCUT2D eigenvalue weighted by Gasteiger charge is -2.34. The molecule has 1 atom stereocenters. The lowest BCUT2D eigenvalue weighted by Crippen LogP contribution is -3.18. The average molecular weight is 384 g/mol. The number of nitrogens with one attached hydrogen (secondary N) is 1. The first-order valence-electron chi connectivity index (χ1n) is 9.48. The summed E-state index contributed by atoms with van der Waals surface area (Å²) in [5.41, 5.74) is 1.39. The fraction of sp³-hybridized carbons (Fsp3) is 0.722. The summed E-state index contributed by atoms with van der Waals surface area (Å²) in [6, 6.07) is 2.37. The average Bonchev–Trinajstić information content (AvgIpc) is 3.10. The van der Waals surface area contributed by atoms with Gasteiger partial charge in [0.2, 0.25) is 0 Å². The topological polar surface area (TPSA) is 58.9 Å². The van der Waals surface area contributed by atoms with Gasteiger partial charge >= 0.3 is 0 Å². The van der Waals surface area contributed by atoms with Crippen LogP contribution in [-0.2, 0) is 22.7 Å². The quantitative estimate of drug-likeness (QED) is 0.759. The molecule has 0 saturated carbocycles. The molecule has 2 fully saturated rings. The van der Waals surface area contributed by atoms with Crippen molar-refractivity contribution in [2.45, 2.75) is 44.6 Å². The van der Waals surface area contributed by atoms with Crippen LogP contribution < -0.4 is 4.90 Å². The molecule has 138 valence electrons. The van der Waals surface area contributed by atoms with E-state index in [2.05, 4.69) is 6.07 Å². The second-order valence-corrected chi connectivity index (χ2v) is 11.0. The standard InChI is InChI=1S/C18H26N2O3S2/c21-18(17-12-14-4-2-1-3-5-16(14)24-17)20-9-7-19(8-10-20)15-6-11-25(22,23)13-15/h12,15H,1-11,13H2/p+1/t15-/m1/s1. The van der Waals surface area contributed by atoms with Crippen LogP contribution in [0.25, 0.3) is 0 Å². The van der Waals surface area contributed by atoms with Crippen LogP contribution in [0, 0.1) is 0 Å². The Hall–Kier alpha value is -0.920. The smallest absolute Gasteiger partial charge is 0.264 e. The Labute approximate surface area is 153 Å². The molecule has 1 aliphatic carbocycles. The molecule has 4 rings (SSSR count). The van der Waals surface area contributed by atoms with Crippen molar-refractivity contribution in [3.05, 3.63) is 21.4 Å². The third kappa shape index (κ3) is 3.78. The first-order chi connectivity index (χ1) is 12.0. The maximum atomic E-state index is 12.9. The van der Waals surface area contributed by atoms with Crippen molar-refractivity contribution in [3.63, 3.8) is 0 Å². The summed E-state index contributed by atoms with van der Waals surface area (Å²) >= 11 is 1.70. The second kappa shape index (κ2) is 7.00. The summed E-state index contributed by atoms with van der Waals surface area (Å²) in [7, 11) is -2.82. The molecule has 1 N–H and O–H groups in total. The van der Waals surface area contributed by atoms with Crippen LogP contribution in [0.5, 0.6) is 0 Å². The molecule has 1 aromatic heterocycles. The third-order valence-electron chi connectivity index (χ3n) is 5.96. The van der Waals surface area contributed by atoms with Gasteiger partial charge < -0.3 is 9.80 Å². The van der Waals surface area contributed by atoms with E-state index in [-0.39, 0.29) is 11.9 Å². The lowest BCUT2D eigenvalue weighted by atomic mass is 10.1. The molecule has 0 aromatic carbocycles. The van der Waals surface area contributed by atoms with Crippen LogP contribution >= 0.6 is 11.3 Å². The number of rotatable bonds is 2. The predicted octanol–water partition coefficient (Wildman–Crippen LogP) is 0.545. The van der Waals surface area contributed by atoms with Gasteiger partial charge in [-0.25, -0.2) is 8.42 Å². The monoisotopic (exact) mass is 383 g/mol. The molecular formula is C18H27N2O3S2+. The van der Waals surface area contributed by atoms with Crippen molar-refractivity contribution in [2.75, 3.05) is 37.7 Å². The maximum absolute atomic E-state index is 12.9. The minimum Gasteiger partial charge on any atom is -0.329 e. The Balaban J connectivity index is 1.37. The van der Waals surface area contributed by atoms with Crippen molar-refractivity contribution >= 4 is 27.1 Å². The molecular weight excluding hydrogens is 356 g/mol. The molecule has 5 nitrogen and oxygen atoms in total. The summed E-state index contributed by atoms with van der Waals surface area (Å²) in [5, 5.41) is 0. The normalized spacial score (nSPS) is 27.0. The Morgan fingerprint density at radius 2 is 1.92 bits per heavy atom. The number of nitrogens with zero attached hydrogens (tertiary/aromatic N) is 1. The summed E-state index contributed by atoms with van der Waals surface area (Å²) < 4.78 is 23.4. The highest BCUT2D eigenvalue weighted by Gasteiger charge is 2.37. The largest absolute Gasteiger partial charge is 0.329 e. The Kier molecular flexibility index (Phi) is 4.90. The second-order valence-electron chi connectivity index (χ2n) is 7.67. The van der Waals surface area contributed by atoms with E-state index < -0.39 is 9.84 Å². The summed E-state index contributed by atoms with van der Waals surface area (Å²) in [6.45, 7) is 3.23. The third-order valence-corrected chi connectivity index (χ3v) is 8.95. The number of hydrogen-bond acceptors (Lipinski definition) is 4. The molecule has 0 radical (unpaired) electrons. The van der Waals surface area contributed by atoms with E-state index in [0.717, 1.165) is 50.3 Å². The number of thiophene rings is 1. The highest BCUT2D eigenvalue weighted by Crippen LogP contribution is 2.29. The zero-order valence-electron chi connectivity index (χ0n) is 14.6. The number of aryl methyl sites for hydroxylation is 2. The zero-order chi connectivity index (χ0) is 17.4. The Morgan fingerprint density at radius 1 is 1.16 bits per heavy atom. The lowest BCUT2D eigenvalue weighted by molar-refractivity contribution is -0.925. The minimum atomic E-state index is -2.82. The fourth-order valence-electron chi connectivity index (χ4n) is 4.45. The SMILES string of the molecule is O=C(c1cc2c(s1)CCCCC2)N1CC[NH+]([C@@H]2CCS(=O)(=O)C2)CC1. The van der Waals surface area contributed by atoms with Crippen molar-refractivity contribution in [1.29, 1.82) is 0 Å². The van der Waals surface area contributed by atoms with Crippen LogP contribution in [0.15, 0.2) is 6.07 Å². The van der Waals surface area contributed by atoms with Crippen molar-refractivity contribution in [1.82, 2.24) is 4.90 Å². The van der Waals surface area contributed by atoms with Gasteiger partial charge in [-0.15, -0.1) is 11.3 Å². The molecule has 0 unspecified atom stereocenters. The fourth-order valence-corrected chi connectivity index (χ4v) is 7.50. The number of sulfone groups is 1. The summed E-state index contributed by atoms with van der Waals surface area (Å²) in [5.74, 6) is 0.842. The summed E-state index contributed by atoms with van der Waals surface area (Å²) in [6.07, 6.45) is 6.81. The molecule has 7 heteroatoms. The van der Waals surface area contributed by atoms with Gasteiger partial charge in [-0.1, -0.05) is 6.42 Å². The van der Waals surface area contributed by atoms with E-state index in [0.29, 0.717) is 11.5 Å². The van der Waals surface area contributed by atoms with Crippen LogP contribution in [0.4, 0.5) is 0 Å². The van der Waals surface area contributed by atoms with E-state index in [4.69, 9.17) is 0 Å². The van der Waals surface area contributed by atoms with Crippen LogP contribution in [0.1, 0.15) is 45.8 Å². The van der Waals surface area contributed by atoms with Crippen molar-refractivity contribution in [2.24, 2.45) is 0 Å². The van der Waals surface area contributed by atoms with Gasteiger partial charge in [-0.05, 0) is 37.3 Å². The van der Waals surface area contributed by atoms with Crippen LogP contribution in [0.2, 0.25) is 0 Å². The first kappa shape index (κ1) is 17.5. The predicted molar refractivity (Wildman–Crippen MR) is 99.2 cm³/mol. The molecule has 0 bridgehead atoms. The number of amides is 1. The molecule has 2 saturated heterocycles. The van der Waals surface area contributed by atoms with Gasteiger partial charge in [0.15, 0.2) is 9.84 Å². The van der Waals surface area contributed by atoms with E-state index in [1.165, 1.54) is 34.6 Å². The molecule has 1 amide bonds. The first-order valence-corrected chi connectivity index (χ1v) is 12.1. The highest BCUT2D eigenvalue weighted by atomic mass is 32.2. The molecule has 2 aliphatic heterocycles. The number of piperazine rings is 1. The minimum absolute atomic E-state index is 0.177. The van der Waals surface area contributed by atoms with Gasteiger partial charge in [-0.2, -0.15) is 0 Å². The summed E-state index contributed by atoms with van der Waals surface area (Å²) in [4.78, 5) is 18.5. The Bertz CT molecular complexity index is 725. The molecule has 25 heavy (non-hydrogen) atoms. The van der Waals surface area contributed by atoms with Crippen LogP contribution in [-0.4, -0.2) is 63.0 Å². The van der Waals surface area contributed by atoms with Crippen LogP contribution in [0.3, 0.4) is 0 Å². The number of quaternary nitrogens is 1. The highest BCUT2D eigenvalue weighted by molar-refractivity contribution is 7.91. The number of carbonyl (C=O) groups excluding carboxylic acids is 1. The van der Waals surface area contributed by atoms with E-state index in [1.807, 2.05) is 4.90 Å². The molecule has 3 heterocycles. The van der Waals surface area contributed by atoms with Gasteiger partial charge in [0.1, 0.15) is 11.8 Å². The van der Waals surface area contributed by atoms with Gasteiger partial charge in [0.05, 0.1) is 36.8 Å². The number of fused-ring (bicyclic) bond motifs is 1. The van der Waals surface area contributed by atoms with Gasteiger partial charge in [-0.3, -0.25) is 4.79 Å². The molecule has 0 spiro atoms. The molecule has 3 aliphatic rings. The van der Waals surface area contributed by atoms with Gasteiger partial charge in [0.25, 0.3) is 5.91 Å². The van der Waals surface area contributed by atoms with Gasteiger partial charge in [0, 0.05) is 11.3 Å². The molecule has 1 aromatic rings. The zero-order valence-corrected chi connectivity index (χ0v) is 16.3. The maximum Gasteiger partial charge on any atom is 0.264 e. The van der Waals surface area contributed by atoms with E-state index >= 15 is 0 Å². The van der Waals surface area contributed by atoms with E-state index in [1.54, 1.807) is 11.3 Å². The Morgan fingerprint density at radius 3 is 2.64 bits per heavy atom. The number of carbonyl (C=O) groups is 1. The van der Waals surface area contributed by atoms with Crippen molar-refractivity contribution < 1.29 is 18.1 Å². The van der Waals surface area contributed by atoms with Crippen molar-refractivity contribution in [3.8, 4) is 0 Å².